The molecule has 0 fully saturated rings. The molecule has 0 amide bonds. The van der Waals surface area contributed by atoms with Gasteiger partial charge in [-0.2, -0.15) is 0 Å². The third-order valence-corrected chi connectivity index (χ3v) is 2.81. The molecule has 1 aromatic rings. The first-order valence-corrected chi connectivity index (χ1v) is 7.07. The van der Waals surface area contributed by atoms with E-state index in [-0.39, 0.29) is 23.7 Å². The summed E-state index contributed by atoms with van der Waals surface area (Å²) < 4.78 is 14.8. The number of unbranched alkanes of at least 4 members (excludes halogenated alkanes) is 2. The van der Waals surface area contributed by atoms with E-state index in [2.05, 4.69) is 14.8 Å². The van der Waals surface area contributed by atoms with Crippen molar-refractivity contribution in [1.82, 2.24) is 0 Å². The van der Waals surface area contributed by atoms with Gasteiger partial charge in [0.25, 0.3) is 0 Å². The highest BCUT2D eigenvalue weighted by atomic mass is 17.5. The van der Waals surface area contributed by atoms with Crippen molar-refractivity contribution >= 4 is 12.1 Å². The van der Waals surface area contributed by atoms with Crippen LogP contribution in [0.3, 0.4) is 0 Å². The normalized spacial score (nSPS) is 9.87. The van der Waals surface area contributed by atoms with Crippen molar-refractivity contribution in [3.05, 3.63) is 23.8 Å². The summed E-state index contributed by atoms with van der Waals surface area (Å²) in [6.45, 7) is 2.22. The topological polar surface area (TPSA) is 89.5 Å². The quantitative estimate of drug-likeness (QED) is 0.296. The van der Waals surface area contributed by atoms with Crippen LogP contribution in [0.5, 0.6) is 11.5 Å². The van der Waals surface area contributed by atoms with Crippen LogP contribution < -0.4 is 9.47 Å². The first kappa shape index (κ1) is 18.6. The Morgan fingerprint density at radius 3 is 2.22 bits per heavy atom. The molecule has 8 heteroatoms. The van der Waals surface area contributed by atoms with Gasteiger partial charge in [-0.05, 0) is 18.6 Å². The Labute approximate surface area is 134 Å². The van der Waals surface area contributed by atoms with Gasteiger partial charge in [-0.15, -0.1) is 0 Å². The number of benzene rings is 1. The Kier molecular flexibility index (Phi) is 8.30. The minimum atomic E-state index is -1.10. The molecule has 0 spiro atoms. The maximum atomic E-state index is 11.9. The van der Waals surface area contributed by atoms with Gasteiger partial charge in [-0.25, -0.2) is 14.5 Å². The van der Waals surface area contributed by atoms with E-state index >= 15 is 0 Å². The Balaban J connectivity index is 2.47. The SMILES string of the molecule is CCCCCOC(=O)OOOC(=O)c1c(OC)cccc1OC. The Morgan fingerprint density at radius 2 is 1.65 bits per heavy atom. The lowest BCUT2D eigenvalue weighted by atomic mass is 10.2. The number of carbonyl (C=O) groups is 2. The van der Waals surface area contributed by atoms with E-state index in [4.69, 9.17) is 14.2 Å². The molecular weight excluding hydrogens is 308 g/mol. The molecule has 0 radical (unpaired) electrons. The molecule has 0 aliphatic carbocycles. The van der Waals surface area contributed by atoms with E-state index in [0.717, 1.165) is 12.8 Å². The number of rotatable bonds is 9. The van der Waals surface area contributed by atoms with Crippen LogP contribution in [0.15, 0.2) is 18.2 Å². The molecule has 0 saturated carbocycles. The van der Waals surface area contributed by atoms with Crippen molar-refractivity contribution in [2.24, 2.45) is 0 Å². The van der Waals surface area contributed by atoms with Gasteiger partial charge in [0.15, 0.2) is 0 Å². The fourth-order valence-electron chi connectivity index (χ4n) is 1.70. The van der Waals surface area contributed by atoms with Gasteiger partial charge in [-0.3, -0.25) is 4.89 Å². The molecule has 128 valence electrons. The van der Waals surface area contributed by atoms with Gasteiger partial charge in [0, 0.05) is 0 Å². The van der Waals surface area contributed by atoms with Gasteiger partial charge in [0.1, 0.15) is 17.1 Å². The molecule has 23 heavy (non-hydrogen) atoms. The average Bonchev–Trinajstić information content (AvgIpc) is 2.57. The summed E-state index contributed by atoms with van der Waals surface area (Å²) >= 11 is 0. The smallest absolute Gasteiger partial charge is 0.496 e. The summed E-state index contributed by atoms with van der Waals surface area (Å²) in [6.07, 6.45) is 1.54. The van der Waals surface area contributed by atoms with Crippen LogP contribution in [-0.2, 0) is 19.6 Å². The Morgan fingerprint density at radius 1 is 1.00 bits per heavy atom. The predicted octanol–water partition coefficient (Wildman–Crippen LogP) is 3.05. The van der Waals surface area contributed by atoms with Crippen LogP contribution >= 0.6 is 0 Å². The predicted molar refractivity (Wildman–Crippen MR) is 78.0 cm³/mol. The largest absolute Gasteiger partial charge is 0.543 e. The monoisotopic (exact) mass is 328 g/mol. The molecule has 0 atom stereocenters. The molecule has 0 saturated heterocycles. The van der Waals surface area contributed by atoms with Gasteiger partial charge in [0.2, 0.25) is 0 Å². The standard InChI is InChI=1S/C15H20O8/c1-4-5-6-10-20-15(17)22-23-21-14(16)13-11(18-2)8-7-9-12(13)19-3/h7-9H,4-6,10H2,1-3H3. The Bertz CT molecular complexity index is 492. The second-order valence-electron chi connectivity index (χ2n) is 4.37. The van der Waals surface area contributed by atoms with Crippen LogP contribution in [0.25, 0.3) is 0 Å². The van der Waals surface area contributed by atoms with Gasteiger partial charge < -0.3 is 14.2 Å². The van der Waals surface area contributed by atoms with Gasteiger partial charge >= 0.3 is 12.1 Å². The summed E-state index contributed by atoms with van der Waals surface area (Å²) in [5, 5.41) is 4.13. The van der Waals surface area contributed by atoms with E-state index in [0.29, 0.717) is 6.42 Å². The zero-order valence-electron chi connectivity index (χ0n) is 13.3. The van der Waals surface area contributed by atoms with Crippen LogP contribution in [0.4, 0.5) is 4.79 Å². The van der Waals surface area contributed by atoms with E-state index in [1.165, 1.54) is 14.2 Å². The molecule has 1 aromatic carbocycles. The molecular formula is C15H20O8. The third kappa shape index (κ3) is 6.03. The molecule has 0 aromatic heterocycles. The van der Waals surface area contributed by atoms with E-state index < -0.39 is 12.1 Å². The van der Waals surface area contributed by atoms with Crippen molar-refractivity contribution in [1.29, 1.82) is 0 Å². The second-order valence-corrected chi connectivity index (χ2v) is 4.37. The number of ether oxygens (including phenoxy) is 3. The molecule has 0 aliphatic rings. The van der Waals surface area contributed by atoms with Gasteiger partial charge in [0.05, 0.1) is 25.9 Å². The zero-order valence-corrected chi connectivity index (χ0v) is 13.3. The lowest BCUT2D eigenvalue weighted by molar-refractivity contribution is -0.452. The first-order chi connectivity index (χ1) is 11.1. The summed E-state index contributed by atoms with van der Waals surface area (Å²) in [4.78, 5) is 31.7. The highest BCUT2D eigenvalue weighted by Gasteiger charge is 2.21. The number of hydrogen-bond donors (Lipinski definition) is 0. The van der Waals surface area contributed by atoms with Crippen molar-refractivity contribution in [3.8, 4) is 11.5 Å². The lowest BCUT2D eigenvalue weighted by Crippen LogP contribution is -2.14. The fourth-order valence-corrected chi connectivity index (χ4v) is 1.70. The molecule has 1 rings (SSSR count). The van der Waals surface area contributed by atoms with Crippen molar-refractivity contribution < 1.29 is 38.6 Å². The average molecular weight is 328 g/mol. The minimum Gasteiger partial charge on any atom is -0.496 e. The summed E-state index contributed by atoms with van der Waals surface area (Å²) in [7, 11) is 2.77. The second kappa shape index (κ2) is 10.3. The molecule has 0 bridgehead atoms. The lowest BCUT2D eigenvalue weighted by Gasteiger charge is -2.10. The van der Waals surface area contributed by atoms with Crippen molar-refractivity contribution in [3.63, 3.8) is 0 Å². The van der Waals surface area contributed by atoms with Gasteiger partial charge in [-0.1, -0.05) is 25.8 Å². The highest BCUT2D eigenvalue weighted by molar-refractivity contribution is 5.95. The molecule has 0 aliphatic heterocycles. The fraction of sp³-hybridized carbons (Fsp3) is 0.467. The van der Waals surface area contributed by atoms with Crippen molar-refractivity contribution in [2.45, 2.75) is 26.2 Å². The maximum Gasteiger partial charge on any atom is 0.543 e. The maximum absolute atomic E-state index is 11.9. The third-order valence-electron chi connectivity index (χ3n) is 2.81. The van der Waals surface area contributed by atoms with Crippen LogP contribution in [0.1, 0.15) is 36.5 Å². The van der Waals surface area contributed by atoms with Crippen LogP contribution in [0, 0.1) is 0 Å². The summed E-state index contributed by atoms with van der Waals surface area (Å²) in [6, 6.07) is 4.73. The van der Waals surface area contributed by atoms with Crippen LogP contribution in [0.2, 0.25) is 0 Å². The van der Waals surface area contributed by atoms with E-state index in [1.807, 2.05) is 6.92 Å². The highest BCUT2D eigenvalue weighted by Crippen LogP contribution is 2.28. The molecule has 0 heterocycles. The van der Waals surface area contributed by atoms with E-state index in [1.54, 1.807) is 18.2 Å². The molecule has 8 nitrogen and oxygen atoms in total. The summed E-state index contributed by atoms with van der Waals surface area (Å²) in [5.41, 5.74) is -0.00240. The number of hydrogen-bond acceptors (Lipinski definition) is 8. The van der Waals surface area contributed by atoms with Crippen LogP contribution in [-0.4, -0.2) is 33.0 Å². The van der Waals surface area contributed by atoms with Crippen molar-refractivity contribution in [2.75, 3.05) is 20.8 Å². The summed E-state index contributed by atoms with van der Waals surface area (Å²) in [5.74, 6) is -0.502. The van der Waals surface area contributed by atoms with E-state index in [9.17, 15) is 9.59 Å². The Hall–Kier alpha value is -2.48. The molecule has 0 unspecified atom stereocenters. The minimum absolute atomic E-state index is 0.00240. The number of methoxy groups -OCH3 is 2. The first-order valence-electron chi connectivity index (χ1n) is 7.07. The molecule has 0 N–H and O–H groups in total. The number of carbonyl (C=O) groups excluding carboxylic acids is 2. The zero-order chi connectivity index (χ0) is 17.1.